The largest absolute Gasteiger partial charge is 0.355 e. The first-order valence-electron chi connectivity index (χ1n) is 8.77. The lowest BCUT2D eigenvalue weighted by Gasteiger charge is -2.21. The molecule has 0 saturated heterocycles. The average Bonchev–Trinajstić information content (AvgIpc) is 3.14. The van der Waals surface area contributed by atoms with E-state index in [0.29, 0.717) is 18.3 Å². The maximum atomic E-state index is 12.1. The van der Waals surface area contributed by atoms with Crippen LogP contribution in [-0.2, 0) is 10.8 Å². The summed E-state index contributed by atoms with van der Waals surface area (Å²) in [5.41, 5.74) is 2.16. The van der Waals surface area contributed by atoms with Crippen molar-refractivity contribution in [2.24, 2.45) is 4.99 Å². The van der Waals surface area contributed by atoms with E-state index in [1.54, 1.807) is 13.2 Å². The second-order valence-corrected chi connectivity index (χ2v) is 9.40. The van der Waals surface area contributed by atoms with Crippen molar-refractivity contribution in [3.8, 4) is 5.69 Å². The Bertz CT molecular complexity index is 750. The third-order valence-corrected chi connectivity index (χ3v) is 5.92. The molecule has 0 amide bonds. The zero-order chi connectivity index (χ0) is 19.2. The molecule has 142 valence electrons. The maximum Gasteiger partial charge on any atom is 0.191 e. The third-order valence-electron chi connectivity index (χ3n) is 3.98. The van der Waals surface area contributed by atoms with Crippen molar-refractivity contribution in [3.05, 3.63) is 48.3 Å². The van der Waals surface area contributed by atoms with Gasteiger partial charge in [0.1, 0.15) is 0 Å². The van der Waals surface area contributed by atoms with Crippen LogP contribution in [0, 0.1) is 0 Å². The van der Waals surface area contributed by atoms with Gasteiger partial charge in [0.15, 0.2) is 5.96 Å². The van der Waals surface area contributed by atoms with Gasteiger partial charge in [0, 0.05) is 47.3 Å². The van der Waals surface area contributed by atoms with Gasteiger partial charge in [-0.2, -0.15) is 5.10 Å². The molecule has 2 unspecified atom stereocenters. The first-order valence-corrected chi connectivity index (χ1v) is 10.1. The summed E-state index contributed by atoms with van der Waals surface area (Å²) in [6.07, 6.45) is 3.69. The number of rotatable bonds is 6. The van der Waals surface area contributed by atoms with Gasteiger partial charge in [-0.3, -0.25) is 9.20 Å². The van der Waals surface area contributed by atoms with Crippen LogP contribution in [0.15, 0.2) is 47.7 Å². The van der Waals surface area contributed by atoms with Gasteiger partial charge in [-0.05, 0) is 51.5 Å². The Morgan fingerprint density at radius 1 is 1.35 bits per heavy atom. The topological polar surface area (TPSA) is 71.3 Å². The van der Waals surface area contributed by atoms with E-state index in [2.05, 4.69) is 39.8 Å². The Morgan fingerprint density at radius 2 is 2.12 bits per heavy atom. The number of nitrogens with one attached hydrogen (secondary N) is 2. The van der Waals surface area contributed by atoms with Crippen molar-refractivity contribution >= 4 is 16.8 Å². The summed E-state index contributed by atoms with van der Waals surface area (Å²) in [4.78, 5) is 4.26. The second-order valence-electron chi connectivity index (χ2n) is 7.07. The zero-order valence-electron chi connectivity index (χ0n) is 16.2. The Balaban J connectivity index is 1.94. The summed E-state index contributed by atoms with van der Waals surface area (Å²) in [5.74, 6) is 1.29. The Kier molecular flexibility index (Phi) is 6.97. The minimum Gasteiger partial charge on any atom is -0.355 e. The van der Waals surface area contributed by atoms with Crippen LogP contribution in [-0.4, -0.2) is 44.0 Å². The fourth-order valence-electron chi connectivity index (χ4n) is 2.41. The number of aliphatic imine (C=N–C) groups is 1. The van der Waals surface area contributed by atoms with Gasteiger partial charge in [-0.1, -0.05) is 12.1 Å². The van der Waals surface area contributed by atoms with Crippen molar-refractivity contribution in [2.45, 2.75) is 38.5 Å². The quantitative estimate of drug-likeness (QED) is 0.601. The standard InChI is InChI=1S/C19H29N5OS/c1-15(16-8-6-9-17(14-16)24-12-7-10-22-24)23-18(20-5)21-11-13-26(25)19(2,3)4/h6-10,12,14-15H,11,13H2,1-5H3,(H2,20,21,23). The molecule has 0 fully saturated rings. The van der Waals surface area contributed by atoms with Crippen LogP contribution >= 0.6 is 0 Å². The van der Waals surface area contributed by atoms with Gasteiger partial charge < -0.3 is 10.6 Å². The lowest BCUT2D eigenvalue weighted by Crippen LogP contribution is -2.41. The van der Waals surface area contributed by atoms with Crippen molar-refractivity contribution in [2.75, 3.05) is 19.3 Å². The molecule has 2 atom stereocenters. The summed E-state index contributed by atoms with van der Waals surface area (Å²) in [6, 6.07) is 10.2. The highest BCUT2D eigenvalue weighted by molar-refractivity contribution is 7.86. The van der Waals surface area contributed by atoms with Crippen LogP contribution < -0.4 is 10.6 Å². The maximum absolute atomic E-state index is 12.1. The van der Waals surface area contributed by atoms with E-state index in [1.807, 2.05) is 49.8 Å². The van der Waals surface area contributed by atoms with Crippen LogP contribution in [0.5, 0.6) is 0 Å². The van der Waals surface area contributed by atoms with Crippen LogP contribution in [0.4, 0.5) is 0 Å². The molecule has 1 aromatic carbocycles. The predicted molar refractivity (Wildman–Crippen MR) is 109 cm³/mol. The summed E-state index contributed by atoms with van der Waals surface area (Å²) in [5, 5.41) is 10.9. The first kappa shape index (κ1) is 20.2. The normalized spacial score (nSPS) is 14.7. The highest BCUT2D eigenvalue weighted by atomic mass is 32.2. The minimum atomic E-state index is -0.880. The lowest BCUT2D eigenvalue weighted by atomic mass is 10.1. The number of hydrogen-bond donors (Lipinski definition) is 2. The first-order chi connectivity index (χ1) is 12.3. The van der Waals surface area contributed by atoms with Crippen molar-refractivity contribution in [1.29, 1.82) is 0 Å². The summed E-state index contributed by atoms with van der Waals surface area (Å²) in [6.45, 7) is 8.67. The third kappa shape index (κ3) is 5.69. The van der Waals surface area contributed by atoms with E-state index in [0.717, 1.165) is 11.3 Å². The van der Waals surface area contributed by atoms with Gasteiger partial charge in [0.2, 0.25) is 0 Å². The van der Waals surface area contributed by atoms with E-state index in [1.165, 1.54) is 0 Å². The molecule has 2 aromatic rings. The van der Waals surface area contributed by atoms with E-state index >= 15 is 0 Å². The molecule has 7 heteroatoms. The van der Waals surface area contributed by atoms with Gasteiger partial charge in [-0.15, -0.1) is 0 Å². The highest BCUT2D eigenvalue weighted by Crippen LogP contribution is 2.16. The Labute approximate surface area is 158 Å². The molecule has 0 aliphatic carbocycles. The van der Waals surface area contributed by atoms with Crippen LogP contribution in [0.2, 0.25) is 0 Å². The summed E-state index contributed by atoms with van der Waals surface area (Å²) < 4.78 is 13.8. The number of benzene rings is 1. The molecule has 2 rings (SSSR count). The molecule has 2 N–H and O–H groups in total. The van der Waals surface area contributed by atoms with Gasteiger partial charge in [0.05, 0.1) is 11.7 Å². The van der Waals surface area contributed by atoms with E-state index in [9.17, 15) is 4.21 Å². The molecular weight excluding hydrogens is 346 g/mol. The molecule has 26 heavy (non-hydrogen) atoms. The van der Waals surface area contributed by atoms with E-state index in [4.69, 9.17) is 0 Å². The van der Waals surface area contributed by atoms with Gasteiger partial charge in [0.25, 0.3) is 0 Å². The second kappa shape index (κ2) is 8.98. The number of nitrogens with zero attached hydrogens (tertiary/aromatic N) is 3. The molecule has 0 aliphatic heterocycles. The van der Waals surface area contributed by atoms with Crippen molar-refractivity contribution in [3.63, 3.8) is 0 Å². The lowest BCUT2D eigenvalue weighted by molar-refractivity contribution is 0.645. The van der Waals surface area contributed by atoms with E-state index < -0.39 is 10.8 Å². The minimum absolute atomic E-state index is 0.0739. The SMILES string of the molecule is CN=C(NCCS(=O)C(C)(C)C)NC(C)c1cccc(-n2cccn2)c1. The molecular formula is C19H29N5OS. The number of guanidine groups is 1. The van der Waals surface area contributed by atoms with Crippen molar-refractivity contribution < 1.29 is 4.21 Å². The van der Waals surface area contributed by atoms with Gasteiger partial charge in [-0.25, -0.2) is 4.68 Å². The molecule has 0 spiro atoms. The molecule has 1 aromatic heterocycles. The molecule has 0 radical (unpaired) electrons. The van der Waals surface area contributed by atoms with Crippen LogP contribution in [0.3, 0.4) is 0 Å². The van der Waals surface area contributed by atoms with Crippen LogP contribution in [0.1, 0.15) is 39.3 Å². The fourth-order valence-corrected chi connectivity index (χ4v) is 3.31. The Hall–Kier alpha value is -2.15. The molecule has 0 saturated carbocycles. The molecule has 1 heterocycles. The molecule has 6 nitrogen and oxygen atoms in total. The monoisotopic (exact) mass is 375 g/mol. The zero-order valence-corrected chi connectivity index (χ0v) is 17.0. The molecule has 0 aliphatic rings. The smallest absolute Gasteiger partial charge is 0.191 e. The summed E-state index contributed by atoms with van der Waals surface area (Å²) >= 11 is 0. The fraction of sp³-hybridized carbons (Fsp3) is 0.474. The van der Waals surface area contributed by atoms with Crippen LogP contribution in [0.25, 0.3) is 5.69 Å². The summed E-state index contributed by atoms with van der Waals surface area (Å²) in [7, 11) is 0.859. The predicted octanol–water partition coefficient (Wildman–Crippen LogP) is 2.65. The van der Waals surface area contributed by atoms with Gasteiger partial charge >= 0.3 is 0 Å². The van der Waals surface area contributed by atoms with Crippen molar-refractivity contribution in [1.82, 2.24) is 20.4 Å². The molecule has 0 bridgehead atoms. The Morgan fingerprint density at radius 3 is 2.73 bits per heavy atom. The van der Waals surface area contributed by atoms with E-state index in [-0.39, 0.29) is 10.8 Å². The number of hydrogen-bond acceptors (Lipinski definition) is 3. The average molecular weight is 376 g/mol. The highest BCUT2D eigenvalue weighted by Gasteiger charge is 2.18. The number of aromatic nitrogens is 2.